The van der Waals surface area contributed by atoms with Crippen molar-refractivity contribution in [2.75, 3.05) is 18.1 Å². The van der Waals surface area contributed by atoms with Gasteiger partial charge in [0.1, 0.15) is 24.9 Å². The van der Waals surface area contributed by atoms with Gasteiger partial charge in [0.05, 0.1) is 6.04 Å². The van der Waals surface area contributed by atoms with Crippen LogP contribution in [0, 0.1) is 0 Å². The Morgan fingerprint density at radius 1 is 1.00 bits per heavy atom. The van der Waals surface area contributed by atoms with Gasteiger partial charge in [-0.1, -0.05) is 50.6 Å². The van der Waals surface area contributed by atoms with E-state index in [9.17, 15) is 19.8 Å². The molecule has 0 saturated carbocycles. The topological polar surface area (TPSA) is 96.3 Å². The number of hydrogen-bond acceptors (Lipinski definition) is 5. The molecule has 2 heterocycles. The summed E-state index contributed by atoms with van der Waals surface area (Å²) in [5.41, 5.74) is 2.18. The molecule has 2 atom stereocenters. The molecule has 5 rings (SSSR count). The van der Waals surface area contributed by atoms with Crippen molar-refractivity contribution in [1.82, 2.24) is 0 Å². The molecule has 0 unspecified atom stereocenters. The first-order valence-electron chi connectivity index (χ1n) is 11.6. The third-order valence-corrected chi connectivity index (χ3v) is 6.94. The van der Waals surface area contributed by atoms with Crippen molar-refractivity contribution in [2.45, 2.75) is 38.1 Å². The van der Waals surface area contributed by atoms with E-state index in [2.05, 4.69) is 0 Å². The van der Waals surface area contributed by atoms with Gasteiger partial charge in [-0.15, -0.1) is 0 Å². The number of benzene rings is 3. The van der Waals surface area contributed by atoms with E-state index in [4.69, 9.17) is 21.1 Å². The Kier molecular flexibility index (Phi) is 5.83. The van der Waals surface area contributed by atoms with Crippen molar-refractivity contribution in [3.8, 4) is 17.2 Å². The molecular formula is C28H26ClNO6. The fourth-order valence-corrected chi connectivity index (χ4v) is 5.43. The number of rotatable bonds is 3. The number of halogens is 1. The van der Waals surface area contributed by atoms with E-state index in [1.165, 1.54) is 23.1 Å². The molecule has 2 aliphatic rings. The molecule has 0 bridgehead atoms. The molecule has 2 N–H and O–H groups in total. The van der Waals surface area contributed by atoms with E-state index in [-0.39, 0.29) is 16.7 Å². The van der Waals surface area contributed by atoms with Gasteiger partial charge in [0.2, 0.25) is 0 Å². The van der Waals surface area contributed by atoms with Crippen LogP contribution in [0.15, 0.2) is 54.6 Å². The maximum Gasteiger partial charge on any atom is 0.313 e. The Labute approximate surface area is 213 Å². The molecule has 0 aromatic heterocycles. The van der Waals surface area contributed by atoms with Crippen molar-refractivity contribution in [3.63, 3.8) is 0 Å². The minimum Gasteiger partial charge on any atom is -0.508 e. The van der Waals surface area contributed by atoms with E-state index in [1.807, 2.05) is 26.8 Å². The molecule has 2 aliphatic heterocycles. The van der Waals surface area contributed by atoms with Gasteiger partial charge in [-0.2, -0.15) is 0 Å². The zero-order valence-electron chi connectivity index (χ0n) is 20.1. The number of carboxylic acids is 1. The lowest BCUT2D eigenvalue weighted by atomic mass is 9.79. The van der Waals surface area contributed by atoms with E-state index in [0.717, 1.165) is 5.56 Å². The largest absolute Gasteiger partial charge is 0.508 e. The average Bonchev–Trinajstić information content (AvgIpc) is 2.82. The Morgan fingerprint density at radius 3 is 2.39 bits per heavy atom. The molecule has 3 aromatic rings. The number of aliphatic carboxylic acids is 1. The first-order chi connectivity index (χ1) is 17.1. The molecule has 36 heavy (non-hydrogen) atoms. The van der Waals surface area contributed by atoms with Crippen LogP contribution in [0.3, 0.4) is 0 Å². The molecule has 7 nitrogen and oxygen atoms in total. The molecule has 3 aromatic carbocycles. The molecule has 0 radical (unpaired) electrons. The molecule has 0 aliphatic carbocycles. The molecular weight excluding hydrogens is 482 g/mol. The summed E-state index contributed by atoms with van der Waals surface area (Å²) < 4.78 is 11.4. The van der Waals surface area contributed by atoms with Crippen molar-refractivity contribution in [1.29, 1.82) is 0 Å². The second-order valence-electron chi connectivity index (χ2n) is 10.0. The van der Waals surface area contributed by atoms with Gasteiger partial charge in [0.25, 0.3) is 5.91 Å². The maximum absolute atomic E-state index is 13.9. The van der Waals surface area contributed by atoms with Crippen molar-refractivity contribution >= 4 is 29.2 Å². The number of phenolic OH excluding ortho intramolecular Hbond substituents is 1. The van der Waals surface area contributed by atoms with Crippen molar-refractivity contribution < 1.29 is 29.3 Å². The zero-order chi connectivity index (χ0) is 25.8. The van der Waals surface area contributed by atoms with Crippen LogP contribution < -0.4 is 14.4 Å². The number of nitrogens with zero attached hydrogens (tertiary/aromatic N) is 1. The summed E-state index contributed by atoms with van der Waals surface area (Å²) in [6.07, 6.45) is 0. The van der Waals surface area contributed by atoms with Crippen LogP contribution in [0.1, 0.15) is 59.8 Å². The van der Waals surface area contributed by atoms with Crippen LogP contribution in [-0.2, 0) is 10.2 Å². The van der Waals surface area contributed by atoms with E-state index < -0.39 is 23.8 Å². The number of ether oxygens (including phenoxy) is 2. The van der Waals surface area contributed by atoms with Gasteiger partial charge >= 0.3 is 5.97 Å². The highest BCUT2D eigenvalue weighted by Crippen LogP contribution is 2.48. The summed E-state index contributed by atoms with van der Waals surface area (Å²) in [5.74, 6) is -1.71. The summed E-state index contributed by atoms with van der Waals surface area (Å²) in [5, 5.41) is 21.0. The Balaban J connectivity index is 1.74. The summed E-state index contributed by atoms with van der Waals surface area (Å²) in [7, 11) is 0. The van der Waals surface area contributed by atoms with Crippen LogP contribution in [-0.4, -0.2) is 35.3 Å². The third kappa shape index (κ3) is 4.03. The molecule has 186 valence electrons. The number of aromatic hydroxyl groups is 1. The number of hydrogen-bond donors (Lipinski definition) is 2. The number of amides is 1. The predicted molar refractivity (Wildman–Crippen MR) is 136 cm³/mol. The SMILES string of the molecule is CC(C)(C)c1ccc(N2C(=O)c3cc(O)ccc3[C@@H](C(=O)O)[C@@H]2c2ccc3c(c2)OCCO3)cc1Cl. The average molecular weight is 508 g/mol. The molecule has 1 amide bonds. The molecule has 0 fully saturated rings. The molecule has 8 heteroatoms. The highest BCUT2D eigenvalue weighted by molar-refractivity contribution is 6.32. The highest BCUT2D eigenvalue weighted by atomic mass is 35.5. The van der Waals surface area contributed by atoms with E-state index in [0.29, 0.717) is 46.5 Å². The number of anilines is 1. The number of carbonyl (C=O) groups excluding carboxylic acids is 1. The quantitative estimate of drug-likeness (QED) is 0.473. The number of carbonyl (C=O) groups is 2. The zero-order valence-corrected chi connectivity index (χ0v) is 20.9. The van der Waals surface area contributed by atoms with Crippen LogP contribution in [0.2, 0.25) is 5.02 Å². The van der Waals surface area contributed by atoms with Gasteiger partial charge in [-0.3, -0.25) is 14.5 Å². The van der Waals surface area contributed by atoms with Crippen molar-refractivity contribution in [2.24, 2.45) is 0 Å². The van der Waals surface area contributed by atoms with Crippen molar-refractivity contribution in [3.05, 3.63) is 81.9 Å². The fourth-order valence-electron chi connectivity index (χ4n) is 4.97. The Hall–Kier alpha value is -3.71. The molecule has 0 spiro atoms. The van der Waals surface area contributed by atoms with Gasteiger partial charge in [-0.05, 0) is 58.5 Å². The summed E-state index contributed by atoms with van der Waals surface area (Å²) >= 11 is 6.66. The lowest BCUT2D eigenvalue weighted by Gasteiger charge is -2.41. The lowest BCUT2D eigenvalue weighted by molar-refractivity contribution is -0.139. The minimum atomic E-state index is -1.11. The van der Waals surface area contributed by atoms with Crippen LogP contribution in [0.4, 0.5) is 5.69 Å². The maximum atomic E-state index is 13.9. The number of carboxylic acid groups (broad SMARTS) is 1. The fraction of sp³-hybridized carbons (Fsp3) is 0.286. The second kappa shape index (κ2) is 8.75. The molecule has 0 saturated heterocycles. The summed E-state index contributed by atoms with van der Waals surface area (Å²) in [6.45, 7) is 6.91. The van der Waals surface area contributed by atoms with Crippen LogP contribution in [0.25, 0.3) is 0 Å². The smallest absolute Gasteiger partial charge is 0.313 e. The van der Waals surface area contributed by atoms with Gasteiger partial charge in [0.15, 0.2) is 11.5 Å². The number of phenols is 1. The second-order valence-corrected chi connectivity index (χ2v) is 10.4. The minimum absolute atomic E-state index is 0.120. The van der Waals surface area contributed by atoms with Crippen LogP contribution >= 0.6 is 11.6 Å². The van der Waals surface area contributed by atoms with Gasteiger partial charge in [-0.25, -0.2) is 0 Å². The predicted octanol–water partition coefficient (Wildman–Crippen LogP) is 5.68. The van der Waals surface area contributed by atoms with Gasteiger partial charge in [0, 0.05) is 16.3 Å². The standard InChI is InChI=1S/C28H26ClNO6/c1-28(2,3)20-8-5-16(13-21(20)29)30-25(15-4-9-22-23(12-15)36-11-10-35-22)24(27(33)34)18-7-6-17(31)14-19(18)26(30)32/h4-9,12-14,24-25,31H,10-11H2,1-3H3,(H,33,34)/t24-,25+/m1/s1. The van der Waals surface area contributed by atoms with E-state index in [1.54, 1.807) is 30.3 Å². The summed E-state index contributed by atoms with van der Waals surface area (Å²) in [4.78, 5) is 28.1. The first-order valence-corrected chi connectivity index (χ1v) is 12.0. The summed E-state index contributed by atoms with van der Waals surface area (Å²) in [6, 6.07) is 13.8. The Bertz CT molecular complexity index is 1380. The monoisotopic (exact) mass is 507 g/mol. The van der Waals surface area contributed by atoms with E-state index >= 15 is 0 Å². The first kappa shape index (κ1) is 24.0. The third-order valence-electron chi connectivity index (χ3n) is 6.63. The van der Waals surface area contributed by atoms with Crippen LogP contribution in [0.5, 0.6) is 17.2 Å². The normalized spacial score (nSPS) is 19.1. The lowest BCUT2D eigenvalue weighted by Crippen LogP contribution is -2.45. The van der Waals surface area contributed by atoms with Gasteiger partial charge < -0.3 is 19.7 Å². The highest BCUT2D eigenvalue weighted by Gasteiger charge is 2.45. The number of fused-ring (bicyclic) bond motifs is 2. The Morgan fingerprint density at radius 2 is 1.72 bits per heavy atom.